The van der Waals surface area contributed by atoms with Gasteiger partial charge < -0.3 is 19.5 Å². The van der Waals surface area contributed by atoms with Crippen LogP contribution < -0.4 is 10.1 Å². The molecule has 1 amide bonds. The second kappa shape index (κ2) is 10.6. The van der Waals surface area contributed by atoms with E-state index in [-0.39, 0.29) is 18.2 Å². The first kappa shape index (κ1) is 23.1. The Bertz CT molecular complexity index is 818. The number of ether oxygens (including phenoxy) is 3. The van der Waals surface area contributed by atoms with Crippen LogP contribution in [0.1, 0.15) is 44.9 Å². The normalized spacial score (nSPS) is 18.3. The zero-order valence-corrected chi connectivity index (χ0v) is 19.0. The number of rotatable bonds is 7. The van der Waals surface area contributed by atoms with Crippen LogP contribution in [0, 0.1) is 0 Å². The Labute approximate surface area is 185 Å². The van der Waals surface area contributed by atoms with Crippen molar-refractivity contribution in [2.24, 2.45) is 0 Å². The minimum atomic E-state index is -0.495. The fourth-order valence-electron chi connectivity index (χ4n) is 3.53. The summed E-state index contributed by atoms with van der Waals surface area (Å²) in [4.78, 5) is 14.3. The summed E-state index contributed by atoms with van der Waals surface area (Å²) in [6.45, 7) is 11.2. The van der Waals surface area contributed by atoms with Crippen molar-refractivity contribution >= 4 is 6.09 Å². The molecule has 0 aliphatic carbocycles. The predicted molar refractivity (Wildman–Crippen MR) is 121 cm³/mol. The van der Waals surface area contributed by atoms with Gasteiger partial charge in [0.05, 0.1) is 12.7 Å². The third-order valence-corrected chi connectivity index (χ3v) is 4.95. The minimum absolute atomic E-state index is 0.00523. The smallest absolute Gasteiger partial charge is 0.407 e. The first-order chi connectivity index (χ1) is 14.8. The van der Waals surface area contributed by atoms with Crippen LogP contribution in [0.15, 0.2) is 54.6 Å². The molecule has 1 aliphatic rings. The number of carbonyl (C=O) groups excluding carboxylic acids is 1. The molecule has 2 atom stereocenters. The Hall–Kier alpha value is -2.57. The van der Waals surface area contributed by atoms with Crippen molar-refractivity contribution in [3.8, 4) is 5.75 Å². The van der Waals surface area contributed by atoms with E-state index >= 15 is 0 Å². The van der Waals surface area contributed by atoms with E-state index < -0.39 is 5.60 Å². The Balaban J connectivity index is 1.47. The number of nitrogens with zero attached hydrogens (tertiary/aromatic N) is 1. The van der Waals surface area contributed by atoms with E-state index in [2.05, 4.69) is 34.5 Å². The van der Waals surface area contributed by atoms with Crippen LogP contribution in [0.5, 0.6) is 5.75 Å². The van der Waals surface area contributed by atoms with Crippen molar-refractivity contribution in [3.63, 3.8) is 0 Å². The van der Waals surface area contributed by atoms with Crippen molar-refractivity contribution < 1.29 is 19.0 Å². The number of hydrogen-bond donors (Lipinski definition) is 1. The summed E-state index contributed by atoms with van der Waals surface area (Å²) < 4.78 is 17.2. The van der Waals surface area contributed by atoms with Crippen LogP contribution >= 0.6 is 0 Å². The van der Waals surface area contributed by atoms with Crippen LogP contribution in [0.3, 0.4) is 0 Å². The van der Waals surface area contributed by atoms with E-state index in [1.54, 1.807) is 0 Å². The van der Waals surface area contributed by atoms with E-state index in [1.165, 1.54) is 0 Å². The van der Waals surface area contributed by atoms with Crippen LogP contribution in [-0.2, 0) is 16.1 Å². The molecular formula is C25H34N2O4. The molecule has 2 unspecified atom stereocenters. The van der Waals surface area contributed by atoms with Gasteiger partial charge in [-0.1, -0.05) is 42.5 Å². The predicted octanol–water partition coefficient (Wildman–Crippen LogP) is 4.55. The topological polar surface area (TPSA) is 60.0 Å². The summed E-state index contributed by atoms with van der Waals surface area (Å²) in [5.41, 5.74) is 1.78. The molecule has 2 aromatic carbocycles. The van der Waals surface area contributed by atoms with E-state index in [1.807, 2.05) is 58.0 Å². The Morgan fingerprint density at radius 3 is 2.55 bits per heavy atom. The molecule has 168 valence electrons. The Morgan fingerprint density at radius 2 is 1.87 bits per heavy atom. The SMILES string of the molecule is CC(CN1CCOC(c2ccc(OCc3ccccc3)cc2)C1)NC(=O)OC(C)(C)C. The van der Waals surface area contributed by atoms with Gasteiger partial charge in [0, 0.05) is 25.7 Å². The van der Waals surface area contributed by atoms with Gasteiger partial charge in [-0.2, -0.15) is 0 Å². The maximum atomic E-state index is 12.0. The molecule has 1 N–H and O–H groups in total. The Morgan fingerprint density at radius 1 is 1.16 bits per heavy atom. The van der Waals surface area contributed by atoms with Gasteiger partial charge >= 0.3 is 6.09 Å². The number of carbonyl (C=O) groups is 1. The lowest BCUT2D eigenvalue weighted by Gasteiger charge is -2.35. The maximum absolute atomic E-state index is 12.0. The molecule has 0 aromatic heterocycles. The van der Waals surface area contributed by atoms with Crippen LogP contribution in [-0.4, -0.2) is 48.9 Å². The fraction of sp³-hybridized carbons (Fsp3) is 0.480. The largest absolute Gasteiger partial charge is 0.489 e. The fourth-order valence-corrected chi connectivity index (χ4v) is 3.53. The lowest BCUT2D eigenvalue weighted by atomic mass is 10.1. The molecule has 2 aromatic rings. The summed E-state index contributed by atoms with van der Waals surface area (Å²) in [5, 5.41) is 2.91. The molecule has 0 radical (unpaired) electrons. The second-order valence-electron chi connectivity index (χ2n) is 9.01. The van der Waals surface area contributed by atoms with Crippen LogP contribution in [0.25, 0.3) is 0 Å². The van der Waals surface area contributed by atoms with Gasteiger partial charge in [-0.3, -0.25) is 4.90 Å². The summed E-state index contributed by atoms with van der Waals surface area (Å²) in [6.07, 6.45) is -0.374. The molecule has 1 heterocycles. The lowest BCUT2D eigenvalue weighted by Crippen LogP contribution is -2.47. The molecule has 0 bridgehead atoms. The standard InChI is InChI=1S/C25H34N2O4/c1-19(26-24(28)31-25(2,3)4)16-27-14-15-29-23(17-27)21-10-12-22(13-11-21)30-18-20-8-6-5-7-9-20/h5-13,19,23H,14-18H2,1-4H3,(H,26,28). The lowest BCUT2D eigenvalue weighted by molar-refractivity contribution is -0.0323. The van der Waals surface area contributed by atoms with Gasteiger partial charge in [0.15, 0.2) is 0 Å². The maximum Gasteiger partial charge on any atom is 0.407 e. The Kier molecular flexibility index (Phi) is 7.93. The molecule has 31 heavy (non-hydrogen) atoms. The van der Waals surface area contributed by atoms with E-state index in [4.69, 9.17) is 14.2 Å². The monoisotopic (exact) mass is 426 g/mol. The van der Waals surface area contributed by atoms with Gasteiger partial charge in [-0.15, -0.1) is 0 Å². The average molecular weight is 427 g/mol. The molecule has 1 saturated heterocycles. The molecule has 1 aliphatic heterocycles. The number of morpholine rings is 1. The van der Waals surface area contributed by atoms with Crippen molar-refractivity contribution in [1.29, 1.82) is 0 Å². The molecule has 6 nitrogen and oxygen atoms in total. The first-order valence-electron chi connectivity index (χ1n) is 10.9. The summed E-state index contributed by atoms with van der Waals surface area (Å²) in [6, 6.07) is 18.2. The van der Waals surface area contributed by atoms with Gasteiger partial charge in [0.1, 0.15) is 18.0 Å². The number of hydrogen-bond acceptors (Lipinski definition) is 5. The first-order valence-corrected chi connectivity index (χ1v) is 10.9. The highest BCUT2D eigenvalue weighted by molar-refractivity contribution is 5.68. The van der Waals surface area contributed by atoms with Crippen LogP contribution in [0.2, 0.25) is 0 Å². The minimum Gasteiger partial charge on any atom is -0.489 e. The second-order valence-corrected chi connectivity index (χ2v) is 9.01. The van der Waals surface area contributed by atoms with Crippen molar-refractivity contribution in [3.05, 3.63) is 65.7 Å². The number of alkyl carbamates (subject to hydrolysis) is 1. The number of nitrogens with one attached hydrogen (secondary N) is 1. The molecule has 3 rings (SSSR count). The molecule has 0 spiro atoms. The third kappa shape index (κ3) is 7.89. The zero-order valence-electron chi connectivity index (χ0n) is 19.0. The van der Waals surface area contributed by atoms with Crippen molar-refractivity contribution in [2.45, 2.75) is 52.0 Å². The van der Waals surface area contributed by atoms with E-state index in [0.29, 0.717) is 13.2 Å². The highest BCUT2D eigenvalue weighted by Crippen LogP contribution is 2.25. The average Bonchev–Trinajstić information content (AvgIpc) is 2.72. The van der Waals surface area contributed by atoms with E-state index in [9.17, 15) is 4.79 Å². The number of benzene rings is 2. The van der Waals surface area contributed by atoms with Gasteiger partial charge in [0.25, 0.3) is 0 Å². The highest BCUT2D eigenvalue weighted by atomic mass is 16.6. The summed E-state index contributed by atoms with van der Waals surface area (Å²) in [7, 11) is 0. The van der Waals surface area contributed by atoms with Gasteiger partial charge in [0.2, 0.25) is 0 Å². The van der Waals surface area contributed by atoms with Gasteiger partial charge in [-0.25, -0.2) is 4.79 Å². The molecule has 6 heteroatoms. The quantitative estimate of drug-likeness (QED) is 0.704. The van der Waals surface area contributed by atoms with Crippen molar-refractivity contribution in [2.75, 3.05) is 26.2 Å². The number of amides is 1. The van der Waals surface area contributed by atoms with E-state index in [0.717, 1.165) is 36.5 Å². The third-order valence-electron chi connectivity index (χ3n) is 4.95. The molecular weight excluding hydrogens is 392 g/mol. The highest BCUT2D eigenvalue weighted by Gasteiger charge is 2.24. The van der Waals surface area contributed by atoms with Crippen molar-refractivity contribution in [1.82, 2.24) is 10.2 Å². The summed E-state index contributed by atoms with van der Waals surface area (Å²) >= 11 is 0. The molecule has 1 fully saturated rings. The summed E-state index contributed by atoms with van der Waals surface area (Å²) in [5.74, 6) is 0.843. The molecule has 0 saturated carbocycles. The van der Waals surface area contributed by atoms with Crippen LogP contribution in [0.4, 0.5) is 4.79 Å². The van der Waals surface area contributed by atoms with Gasteiger partial charge in [-0.05, 0) is 51.0 Å². The zero-order chi connectivity index (χ0) is 22.3.